The molecule has 11 rings (SSSR count). The molecule has 4 fully saturated rings. The van der Waals surface area contributed by atoms with Crippen molar-refractivity contribution in [2.75, 3.05) is 64.2 Å². The summed E-state index contributed by atoms with van der Waals surface area (Å²) in [6.45, 7) is 13.7. The molecule has 2 atom stereocenters. The number of rotatable bonds is 4. The molecule has 3 aromatic heterocycles. The maximum Gasteiger partial charge on any atom is 0.264 e. The number of hydrogen-bond acceptors (Lipinski definition) is 11. The maximum absolute atomic E-state index is 13.0. The lowest BCUT2D eigenvalue weighted by Gasteiger charge is -2.45. The van der Waals surface area contributed by atoms with Gasteiger partial charge in [-0.15, -0.1) is 11.3 Å². The zero-order valence-corrected chi connectivity index (χ0v) is 38.1. The number of ketones is 1. The predicted octanol–water partition coefficient (Wildman–Crippen LogP) is 4.99. The number of imidazole rings is 1. The van der Waals surface area contributed by atoms with Crippen molar-refractivity contribution in [3.05, 3.63) is 123 Å². The summed E-state index contributed by atoms with van der Waals surface area (Å²) in [5.74, 6) is -0.0450. The van der Waals surface area contributed by atoms with Crippen LogP contribution >= 0.6 is 22.9 Å². The van der Waals surface area contributed by atoms with Crippen molar-refractivity contribution in [3.8, 4) is 0 Å². The molecular formula is C48H53ClN10O5S. The molecule has 9 heterocycles. The van der Waals surface area contributed by atoms with Crippen molar-refractivity contribution in [1.29, 1.82) is 0 Å². The van der Waals surface area contributed by atoms with Crippen LogP contribution in [0.25, 0.3) is 10.9 Å². The summed E-state index contributed by atoms with van der Waals surface area (Å²) in [7, 11) is 0. The molecule has 15 nitrogen and oxygen atoms in total. The van der Waals surface area contributed by atoms with Crippen molar-refractivity contribution in [3.63, 3.8) is 0 Å². The number of aromatic nitrogens is 3. The first kappa shape index (κ1) is 44.1. The molecule has 338 valence electrons. The van der Waals surface area contributed by atoms with E-state index < -0.39 is 6.04 Å². The van der Waals surface area contributed by atoms with Crippen molar-refractivity contribution in [1.82, 2.24) is 44.4 Å². The second-order valence-electron chi connectivity index (χ2n) is 17.3. The summed E-state index contributed by atoms with van der Waals surface area (Å²) in [5.41, 5.74) is 8.00. The third kappa shape index (κ3) is 9.38. The van der Waals surface area contributed by atoms with Crippen molar-refractivity contribution in [2.45, 2.75) is 64.3 Å². The summed E-state index contributed by atoms with van der Waals surface area (Å²) >= 11 is 7.71. The molecule has 0 spiro atoms. The van der Waals surface area contributed by atoms with Crippen molar-refractivity contribution >= 4 is 68.9 Å². The quantitative estimate of drug-likeness (QED) is 0.252. The van der Waals surface area contributed by atoms with E-state index >= 15 is 0 Å². The molecule has 0 saturated carbocycles. The number of pyridine rings is 1. The number of carbonyl (C=O) groups is 5. The third-order valence-corrected chi connectivity index (χ3v) is 14.4. The molecule has 0 radical (unpaired) electrons. The fourth-order valence-electron chi connectivity index (χ4n) is 9.51. The minimum absolute atomic E-state index is 0.0550. The average molecular weight is 918 g/mol. The number of hydrogen-bond donors (Lipinski definition) is 2. The second kappa shape index (κ2) is 19.2. The number of allylic oxidation sites excluding steroid dienone is 1. The minimum Gasteiger partial charge on any atom is -0.384 e. The monoisotopic (exact) mass is 916 g/mol. The van der Waals surface area contributed by atoms with E-state index in [1.807, 2.05) is 72.2 Å². The number of fused-ring (bicyclic) bond motifs is 5. The number of amides is 4. The third-order valence-electron chi connectivity index (χ3n) is 13.1. The van der Waals surface area contributed by atoms with Gasteiger partial charge in [-0.1, -0.05) is 48.5 Å². The Labute approximate surface area is 387 Å². The number of aryl methyl sites for hydroxylation is 2. The fraction of sp³-hybridized carbons (Fsp3) is 0.396. The molecular weight excluding hydrogens is 864 g/mol. The van der Waals surface area contributed by atoms with Gasteiger partial charge in [-0.3, -0.25) is 28.9 Å². The van der Waals surface area contributed by atoms with Crippen molar-refractivity contribution in [2.24, 2.45) is 0 Å². The van der Waals surface area contributed by atoms with Crippen LogP contribution in [0.3, 0.4) is 0 Å². The van der Waals surface area contributed by atoms with E-state index in [1.54, 1.807) is 9.80 Å². The van der Waals surface area contributed by atoms with Crippen LogP contribution in [0, 0.1) is 6.92 Å². The molecule has 65 heavy (non-hydrogen) atoms. The SMILES string of the molecule is C=C1CCC(=O)C2CN(C(=O)c3sccc3C)CCN12.Clc1cccc2ccc(CN3CCn4cncc4C3)nc12.O=C1NCC(=O)N2CCN(C(=O)c3cccc4c3NCCC4)CC12. The molecule has 4 saturated heterocycles. The Morgan fingerprint density at radius 2 is 1.66 bits per heavy atom. The highest BCUT2D eigenvalue weighted by atomic mass is 35.5. The molecule has 6 aliphatic heterocycles. The van der Waals surface area contributed by atoms with Gasteiger partial charge in [0, 0.05) is 89.1 Å². The highest BCUT2D eigenvalue weighted by Gasteiger charge is 2.41. The van der Waals surface area contributed by atoms with Crippen LogP contribution in [-0.2, 0) is 40.4 Å². The number of nitrogens with one attached hydrogen (secondary N) is 2. The lowest BCUT2D eigenvalue weighted by molar-refractivity contribution is -0.148. The van der Waals surface area contributed by atoms with Crippen molar-refractivity contribution < 1.29 is 24.0 Å². The Morgan fingerprint density at radius 3 is 2.49 bits per heavy atom. The van der Waals surface area contributed by atoms with E-state index in [0.717, 1.165) is 96.0 Å². The average Bonchev–Trinajstić information content (AvgIpc) is 4.00. The molecule has 5 aromatic rings. The Hall–Kier alpha value is -6.10. The lowest BCUT2D eigenvalue weighted by Crippen LogP contribution is -2.66. The first-order valence-electron chi connectivity index (χ1n) is 22.3. The maximum atomic E-state index is 13.0. The number of halogens is 1. The van der Waals surface area contributed by atoms with Gasteiger partial charge in [0.25, 0.3) is 11.8 Å². The minimum atomic E-state index is -0.573. The number of para-hydroxylation sites is 2. The second-order valence-corrected chi connectivity index (χ2v) is 18.6. The Morgan fingerprint density at radius 1 is 0.862 bits per heavy atom. The van der Waals surface area contributed by atoms with Crippen LogP contribution in [0.2, 0.25) is 5.02 Å². The number of piperidine rings is 1. The lowest BCUT2D eigenvalue weighted by atomic mass is 9.96. The number of nitrogens with zero attached hydrogens (tertiary/aromatic N) is 8. The van der Waals surface area contributed by atoms with E-state index in [0.29, 0.717) is 49.7 Å². The number of Topliss-reactive ketones (excluding diaryl/α,β-unsaturated/α-hetero) is 1. The zero-order valence-electron chi connectivity index (χ0n) is 36.5. The standard InChI is InChI=1S/C17H20N4O3.C16H15ClN4.C15H18N2O2S/c22-14-9-19-16(23)13-10-20(7-8-21(13)14)17(24)12-5-1-3-11-4-2-6-18-15(11)12;17-15-3-1-2-12-4-5-13(19-16(12)15)9-20-6-7-21-11-18-8-14(21)10-20;1-10-5-8-20-14(10)15(19)16-6-7-17-11(2)3-4-13(18)12(17)9-16/h1,3,5,13,18H,2,4,6-10H2,(H,19,23);1-5,8,11H,6-7,9-10H2;5,8,12H,2-4,6-7,9H2,1H3. The van der Waals surface area contributed by atoms with Gasteiger partial charge in [0.1, 0.15) is 12.1 Å². The summed E-state index contributed by atoms with van der Waals surface area (Å²) < 4.78 is 2.21. The highest BCUT2D eigenvalue weighted by molar-refractivity contribution is 7.12. The topological polar surface area (TPSA) is 156 Å². The van der Waals surface area contributed by atoms with E-state index in [2.05, 4.69) is 48.7 Å². The molecule has 0 bridgehead atoms. The first-order valence-corrected chi connectivity index (χ1v) is 23.6. The summed E-state index contributed by atoms with van der Waals surface area (Å²) in [4.78, 5) is 80.8. The van der Waals surface area contributed by atoms with Gasteiger partial charge in [-0.25, -0.2) is 9.97 Å². The fourth-order valence-corrected chi connectivity index (χ4v) is 10.6. The molecule has 2 unspecified atom stereocenters. The highest BCUT2D eigenvalue weighted by Crippen LogP contribution is 2.30. The number of benzene rings is 2. The van der Waals surface area contributed by atoms with Crippen LogP contribution in [0.1, 0.15) is 61.8 Å². The predicted molar refractivity (Wildman–Crippen MR) is 250 cm³/mol. The number of carbonyl (C=O) groups excluding carboxylic acids is 5. The normalized spacial score (nSPS) is 20.5. The molecule has 2 aromatic carbocycles. The smallest absolute Gasteiger partial charge is 0.264 e. The summed E-state index contributed by atoms with van der Waals surface area (Å²) in [6, 6.07) is 17.1. The van der Waals surface area contributed by atoms with E-state index in [-0.39, 0.29) is 48.5 Å². The van der Waals surface area contributed by atoms with Crippen LogP contribution < -0.4 is 10.6 Å². The zero-order chi connectivity index (χ0) is 45.2. The first-order chi connectivity index (χ1) is 31.5. The largest absolute Gasteiger partial charge is 0.384 e. The molecule has 2 N–H and O–H groups in total. The Bertz CT molecular complexity index is 2660. The molecule has 6 aliphatic rings. The van der Waals surface area contributed by atoms with E-state index in [1.165, 1.54) is 17.0 Å². The summed E-state index contributed by atoms with van der Waals surface area (Å²) in [5, 5.41) is 9.67. The van der Waals surface area contributed by atoms with Crippen LogP contribution in [0.15, 0.2) is 84.8 Å². The van der Waals surface area contributed by atoms with Gasteiger partial charge >= 0.3 is 0 Å². The molecule has 4 amide bonds. The van der Waals surface area contributed by atoms with Gasteiger partial charge in [0.05, 0.1) is 57.5 Å². The van der Waals surface area contributed by atoms with Crippen LogP contribution in [0.4, 0.5) is 5.69 Å². The number of thiophene rings is 1. The van der Waals surface area contributed by atoms with Gasteiger partial charge in [-0.2, -0.15) is 0 Å². The van der Waals surface area contributed by atoms with Gasteiger partial charge in [0.15, 0.2) is 5.78 Å². The van der Waals surface area contributed by atoms with E-state index in [9.17, 15) is 24.0 Å². The molecule has 0 aliphatic carbocycles. The van der Waals surface area contributed by atoms with E-state index in [4.69, 9.17) is 16.6 Å². The van der Waals surface area contributed by atoms with Crippen LogP contribution in [-0.4, -0.2) is 139 Å². The van der Waals surface area contributed by atoms with Gasteiger partial charge in [-0.05, 0) is 67.0 Å². The molecule has 17 heteroatoms. The number of piperazine rings is 3. The van der Waals surface area contributed by atoms with Gasteiger partial charge < -0.3 is 34.8 Å². The van der Waals surface area contributed by atoms with Gasteiger partial charge in [0.2, 0.25) is 11.8 Å². The Balaban J connectivity index is 0.000000124. The summed E-state index contributed by atoms with van der Waals surface area (Å²) in [6.07, 6.45) is 7.19. The Kier molecular flexibility index (Phi) is 13.0. The number of anilines is 1. The van der Waals surface area contributed by atoms with Crippen LogP contribution in [0.5, 0.6) is 0 Å².